The summed E-state index contributed by atoms with van der Waals surface area (Å²) < 4.78 is 5.21. The number of methoxy groups -OCH3 is 1. The van der Waals surface area contributed by atoms with Crippen LogP contribution >= 0.6 is 0 Å². The first-order chi connectivity index (χ1) is 12.3. The SMILES string of the molecule is COc1cccc(CCNC(=O)c2cc(N3CCCCC3)ncn2)c1. The van der Waals surface area contributed by atoms with Crippen LogP contribution in [0, 0.1) is 0 Å². The molecule has 6 heteroatoms. The van der Waals surface area contributed by atoms with Gasteiger partial charge in [-0.3, -0.25) is 4.79 Å². The van der Waals surface area contributed by atoms with Gasteiger partial charge in [-0.1, -0.05) is 12.1 Å². The fourth-order valence-corrected chi connectivity index (χ4v) is 3.01. The zero-order valence-electron chi connectivity index (χ0n) is 14.6. The molecule has 0 aliphatic carbocycles. The van der Waals surface area contributed by atoms with E-state index in [-0.39, 0.29) is 5.91 Å². The lowest BCUT2D eigenvalue weighted by Gasteiger charge is -2.27. The van der Waals surface area contributed by atoms with Crippen molar-refractivity contribution in [3.8, 4) is 5.75 Å². The molecule has 1 aliphatic heterocycles. The Morgan fingerprint density at radius 1 is 1.20 bits per heavy atom. The number of rotatable bonds is 6. The largest absolute Gasteiger partial charge is 0.497 e. The summed E-state index contributed by atoms with van der Waals surface area (Å²) in [6.07, 6.45) is 5.82. The van der Waals surface area contributed by atoms with Crippen LogP contribution in [0.25, 0.3) is 0 Å². The summed E-state index contributed by atoms with van der Waals surface area (Å²) in [7, 11) is 1.65. The quantitative estimate of drug-likeness (QED) is 0.875. The zero-order valence-corrected chi connectivity index (χ0v) is 14.6. The number of hydrogen-bond donors (Lipinski definition) is 1. The van der Waals surface area contributed by atoms with E-state index in [2.05, 4.69) is 20.2 Å². The van der Waals surface area contributed by atoms with Gasteiger partial charge >= 0.3 is 0 Å². The number of nitrogens with zero attached hydrogens (tertiary/aromatic N) is 3. The Labute approximate surface area is 148 Å². The van der Waals surface area contributed by atoms with E-state index < -0.39 is 0 Å². The minimum absolute atomic E-state index is 0.163. The number of aromatic nitrogens is 2. The Bertz CT molecular complexity index is 714. The number of carbonyl (C=O) groups excluding carboxylic acids is 1. The Kier molecular flexibility index (Phi) is 5.82. The van der Waals surface area contributed by atoms with Crippen LogP contribution in [0.1, 0.15) is 35.3 Å². The maximum atomic E-state index is 12.3. The first-order valence-corrected chi connectivity index (χ1v) is 8.74. The van der Waals surface area contributed by atoms with Crippen LogP contribution in [0.3, 0.4) is 0 Å². The molecule has 0 atom stereocenters. The molecule has 0 radical (unpaired) electrons. The maximum Gasteiger partial charge on any atom is 0.270 e. The minimum Gasteiger partial charge on any atom is -0.497 e. The zero-order chi connectivity index (χ0) is 17.5. The van der Waals surface area contributed by atoms with Crippen LogP contribution in [0.2, 0.25) is 0 Å². The number of carbonyl (C=O) groups is 1. The van der Waals surface area contributed by atoms with Crippen molar-refractivity contribution in [2.24, 2.45) is 0 Å². The second-order valence-corrected chi connectivity index (χ2v) is 6.17. The number of ether oxygens (including phenoxy) is 1. The molecule has 3 rings (SSSR count). The van der Waals surface area contributed by atoms with Crippen molar-refractivity contribution in [3.05, 3.63) is 47.9 Å². The van der Waals surface area contributed by atoms with E-state index in [1.807, 2.05) is 24.3 Å². The van der Waals surface area contributed by atoms with Gasteiger partial charge in [-0.2, -0.15) is 0 Å². The third-order valence-electron chi connectivity index (χ3n) is 4.40. The highest BCUT2D eigenvalue weighted by Crippen LogP contribution is 2.17. The van der Waals surface area contributed by atoms with Gasteiger partial charge in [-0.15, -0.1) is 0 Å². The van der Waals surface area contributed by atoms with Gasteiger partial charge in [0, 0.05) is 25.7 Å². The van der Waals surface area contributed by atoms with E-state index in [1.165, 1.54) is 25.6 Å². The molecule has 2 heterocycles. The molecule has 1 aromatic heterocycles. The summed E-state index contributed by atoms with van der Waals surface area (Å²) >= 11 is 0. The topological polar surface area (TPSA) is 67.3 Å². The maximum absolute atomic E-state index is 12.3. The predicted molar refractivity (Wildman–Crippen MR) is 97.1 cm³/mol. The van der Waals surface area contributed by atoms with Crippen molar-refractivity contribution in [2.45, 2.75) is 25.7 Å². The molecule has 0 saturated carbocycles. The second-order valence-electron chi connectivity index (χ2n) is 6.17. The van der Waals surface area contributed by atoms with Gasteiger partial charge in [0.15, 0.2) is 0 Å². The van der Waals surface area contributed by atoms with Crippen molar-refractivity contribution in [2.75, 3.05) is 31.6 Å². The van der Waals surface area contributed by atoms with E-state index in [0.29, 0.717) is 12.2 Å². The van der Waals surface area contributed by atoms with Crippen molar-refractivity contribution in [3.63, 3.8) is 0 Å². The molecule has 1 aliphatic rings. The molecule has 1 N–H and O–H groups in total. The van der Waals surface area contributed by atoms with Crippen molar-refractivity contribution in [1.29, 1.82) is 0 Å². The standard InChI is InChI=1S/C19H24N4O2/c1-25-16-7-5-6-15(12-16)8-9-20-19(24)17-13-18(22-14-21-17)23-10-3-2-4-11-23/h5-7,12-14H,2-4,8-11H2,1H3,(H,20,24). The molecule has 1 aromatic carbocycles. The molecule has 2 aromatic rings. The van der Waals surface area contributed by atoms with Crippen molar-refractivity contribution < 1.29 is 9.53 Å². The molecule has 0 spiro atoms. The molecular weight excluding hydrogens is 316 g/mol. The average molecular weight is 340 g/mol. The van der Waals surface area contributed by atoms with E-state index >= 15 is 0 Å². The van der Waals surface area contributed by atoms with Crippen LogP contribution in [0.4, 0.5) is 5.82 Å². The fraction of sp³-hybridized carbons (Fsp3) is 0.421. The van der Waals surface area contributed by atoms with Gasteiger partial charge < -0.3 is 15.0 Å². The Balaban J connectivity index is 1.55. The number of benzene rings is 1. The lowest BCUT2D eigenvalue weighted by molar-refractivity contribution is 0.0949. The molecular formula is C19H24N4O2. The van der Waals surface area contributed by atoms with Gasteiger partial charge in [0.2, 0.25) is 0 Å². The lowest BCUT2D eigenvalue weighted by atomic mass is 10.1. The normalized spacial score (nSPS) is 14.2. The van der Waals surface area contributed by atoms with E-state index in [0.717, 1.165) is 36.6 Å². The second kappa shape index (κ2) is 8.46. The summed E-state index contributed by atoms with van der Waals surface area (Å²) in [6, 6.07) is 9.64. The molecule has 1 amide bonds. The van der Waals surface area contributed by atoms with Crippen molar-refractivity contribution in [1.82, 2.24) is 15.3 Å². The van der Waals surface area contributed by atoms with Crippen LogP contribution in [0.15, 0.2) is 36.7 Å². The monoisotopic (exact) mass is 340 g/mol. The Morgan fingerprint density at radius 3 is 2.84 bits per heavy atom. The summed E-state index contributed by atoms with van der Waals surface area (Å²) in [6.45, 7) is 2.54. The van der Waals surface area contributed by atoms with E-state index in [9.17, 15) is 4.79 Å². The molecule has 25 heavy (non-hydrogen) atoms. The van der Waals surface area contributed by atoms with Crippen molar-refractivity contribution >= 4 is 11.7 Å². The highest BCUT2D eigenvalue weighted by Gasteiger charge is 2.15. The summed E-state index contributed by atoms with van der Waals surface area (Å²) in [5.74, 6) is 1.50. The van der Waals surface area contributed by atoms with Gasteiger partial charge in [0.1, 0.15) is 23.6 Å². The third-order valence-corrected chi connectivity index (χ3v) is 4.40. The first kappa shape index (κ1) is 17.2. The number of anilines is 1. The molecule has 6 nitrogen and oxygen atoms in total. The number of amides is 1. The number of piperidine rings is 1. The fourth-order valence-electron chi connectivity index (χ4n) is 3.01. The van der Waals surface area contributed by atoms with Crippen LogP contribution in [0.5, 0.6) is 5.75 Å². The smallest absolute Gasteiger partial charge is 0.270 e. The van der Waals surface area contributed by atoms with E-state index in [1.54, 1.807) is 13.2 Å². The van der Waals surface area contributed by atoms with Crippen LogP contribution in [-0.4, -0.2) is 42.6 Å². The summed E-state index contributed by atoms with van der Waals surface area (Å²) in [5.41, 5.74) is 1.54. The molecule has 1 saturated heterocycles. The third kappa shape index (κ3) is 4.68. The van der Waals surface area contributed by atoms with Gasteiger partial charge in [0.25, 0.3) is 5.91 Å². The summed E-state index contributed by atoms with van der Waals surface area (Å²) in [4.78, 5) is 23.0. The number of nitrogens with one attached hydrogen (secondary N) is 1. The lowest BCUT2D eigenvalue weighted by Crippen LogP contribution is -2.31. The molecule has 132 valence electrons. The Morgan fingerprint density at radius 2 is 2.04 bits per heavy atom. The highest BCUT2D eigenvalue weighted by atomic mass is 16.5. The van der Waals surface area contributed by atoms with Crippen LogP contribution < -0.4 is 15.0 Å². The Hall–Kier alpha value is -2.63. The average Bonchev–Trinajstić information content (AvgIpc) is 2.69. The van der Waals surface area contributed by atoms with Gasteiger partial charge in [-0.05, 0) is 43.4 Å². The molecule has 0 bridgehead atoms. The van der Waals surface area contributed by atoms with Gasteiger partial charge in [0.05, 0.1) is 7.11 Å². The predicted octanol–water partition coefficient (Wildman–Crippen LogP) is 2.45. The van der Waals surface area contributed by atoms with Crippen LogP contribution in [-0.2, 0) is 6.42 Å². The molecule has 0 unspecified atom stereocenters. The number of hydrogen-bond acceptors (Lipinski definition) is 5. The van der Waals surface area contributed by atoms with E-state index in [4.69, 9.17) is 4.74 Å². The highest BCUT2D eigenvalue weighted by molar-refractivity contribution is 5.92. The minimum atomic E-state index is -0.163. The molecule has 1 fully saturated rings. The first-order valence-electron chi connectivity index (χ1n) is 8.74. The van der Waals surface area contributed by atoms with Gasteiger partial charge in [-0.25, -0.2) is 9.97 Å². The summed E-state index contributed by atoms with van der Waals surface area (Å²) in [5, 5.41) is 2.93.